The SMILES string of the molecule is CC(C)N1CC(N2CCC(Oc3ccc(F)cc3F)CC2)=CC2=C1CNCC2. The van der Waals surface area contributed by atoms with E-state index in [-0.39, 0.29) is 11.9 Å². The summed E-state index contributed by atoms with van der Waals surface area (Å²) in [5.41, 5.74) is 4.27. The molecule has 1 saturated heterocycles. The third kappa shape index (κ3) is 4.02. The molecule has 0 spiro atoms. The summed E-state index contributed by atoms with van der Waals surface area (Å²) < 4.78 is 32.7. The molecule has 28 heavy (non-hydrogen) atoms. The molecule has 1 aromatic carbocycles. The van der Waals surface area contributed by atoms with Crippen molar-refractivity contribution < 1.29 is 13.5 Å². The van der Waals surface area contributed by atoms with Crippen molar-refractivity contribution >= 4 is 0 Å². The van der Waals surface area contributed by atoms with Crippen molar-refractivity contribution in [2.75, 3.05) is 32.7 Å². The average molecular weight is 389 g/mol. The van der Waals surface area contributed by atoms with Crippen molar-refractivity contribution in [2.24, 2.45) is 0 Å². The van der Waals surface area contributed by atoms with Crippen LogP contribution in [-0.4, -0.2) is 54.7 Å². The van der Waals surface area contributed by atoms with Crippen molar-refractivity contribution in [3.05, 3.63) is 52.9 Å². The number of piperidine rings is 1. The van der Waals surface area contributed by atoms with Gasteiger partial charge in [0.05, 0.1) is 6.54 Å². The van der Waals surface area contributed by atoms with Crippen LogP contribution in [0, 0.1) is 11.6 Å². The molecule has 0 unspecified atom stereocenters. The van der Waals surface area contributed by atoms with E-state index in [1.54, 1.807) is 0 Å². The summed E-state index contributed by atoms with van der Waals surface area (Å²) in [6, 6.07) is 3.97. The van der Waals surface area contributed by atoms with Gasteiger partial charge in [-0.3, -0.25) is 0 Å². The van der Waals surface area contributed by atoms with Crippen molar-refractivity contribution in [1.29, 1.82) is 0 Å². The highest BCUT2D eigenvalue weighted by molar-refractivity contribution is 5.36. The molecule has 0 amide bonds. The van der Waals surface area contributed by atoms with Crippen LogP contribution in [0.5, 0.6) is 5.75 Å². The predicted molar refractivity (Wildman–Crippen MR) is 106 cm³/mol. The second-order valence-electron chi connectivity index (χ2n) is 8.14. The number of halogens is 2. The van der Waals surface area contributed by atoms with Gasteiger partial charge in [-0.1, -0.05) is 0 Å². The van der Waals surface area contributed by atoms with Crippen LogP contribution in [0.15, 0.2) is 41.2 Å². The zero-order valence-electron chi connectivity index (χ0n) is 16.7. The molecule has 6 heteroatoms. The summed E-state index contributed by atoms with van der Waals surface area (Å²) in [4.78, 5) is 4.95. The number of nitrogens with zero attached hydrogens (tertiary/aromatic N) is 2. The van der Waals surface area contributed by atoms with Crippen LogP contribution in [-0.2, 0) is 0 Å². The van der Waals surface area contributed by atoms with E-state index in [1.807, 2.05) is 0 Å². The van der Waals surface area contributed by atoms with Gasteiger partial charge in [0.2, 0.25) is 0 Å². The molecule has 0 saturated carbocycles. The van der Waals surface area contributed by atoms with Crippen molar-refractivity contribution in [2.45, 2.75) is 45.3 Å². The lowest BCUT2D eigenvalue weighted by molar-refractivity contribution is 0.107. The number of allylic oxidation sites excluding steroid dienone is 1. The van der Waals surface area contributed by atoms with Gasteiger partial charge >= 0.3 is 0 Å². The Balaban J connectivity index is 1.41. The van der Waals surface area contributed by atoms with Crippen molar-refractivity contribution in [3.8, 4) is 5.75 Å². The second kappa shape index (κ2) is 8.11. The van der Waals surface area contributed by atoms with Crippen LogP contribution < -0.4 is 10.1 Å². The largest absolute Gasteiger partial charge is 0.487 e. The molecule has 3 heterocycles. The van der Waals surface area contributed by atoms with Crippen molar-refractivity contribution in [1.82, 2.24) is 15.1 Å². The summed E-state index contributed by atoms with van der Waals surface area (Å²) in [6.45, 7) is 9.22. The number of likely N-dealkylation sites (tertiary alicyclic amines) is 1. The number of benzene rings is 1. The molecule has 1 fully saturated rings. The zero-order valence-corrected chi connectivity index (χ0v) is 16.7. The van der Waals surface area contributed by atoms with Crippen LogP contribution in [0.2, 0.25) is 0 Å². The highest BCUT2D eigenvalue weighted by Crippen LogP contribution is 2.30. The van der Waals surface area contributed by atoms with Crippen molar-refractivity contribution in [3.63, 3.8) is 0 Å². The highest BCUT2D eigenvalue weighted by Gasteiger charge is 2.29. The molecular weight excluding hydrogens is 360 g/mol. The Morgan fingerprint density at radius 2 is 1.96 bits per heavy atom. The normalized spacial score (nSPS) is 21.1. The lowest BCUT2D eigenvalue weighted by atomic mass is 9.97. The molecule has 3 aliphatic rings. The fraction of sp³-hybridized carbons (Fsp3) is 0.545. The minimum absolute atomic E-state index is 0.0322. The molecule has 4 rings (SSSR count). The molecule has 0 bridgehead atoms. The molecule has 1 N–H and O–H groups in total. The zero-order chi connectivity index (χ0) is 19.7. The van der Waals surface area contributed by atoms with Gasteiger partial charge in [0, 0.05) is 56.0 Å². The molecule has 152 valence electrons. The van der Waals surface area contributed by atoms with E-state index in [0.29, 0.717) is 6.04 Å². The summed E-state index contributed by atoms with van der Waals surface area (Å²) in [6.07, 6.45) is 5.10. The van der Waals surface area contributed by atoms with Crippen LogP contribution in [0.4, 0.5) is 8.78 Å². The van der Waals surface area contributed by atoms with Gasteiger partial charge in [-0.15, -0.1) is 0 Å². The van der Waals surface area contributed by atoms with Gasteiger partial charge < -0.3 is 19.9 Å². The lowest BCUT2D eigenvalue weighted by Gasteiger charge is -2.43. The lowest BCUT2D eigenvalue weighted by Crippen LogP contribution is -2.46. The average Bonchev–Trinajstić information content (AvgIpc) is 2.69. The summed E-state index contributed by atoms with van der Waals surface area (Å²) >= 11 is 0. The molecule has 0 radical (unpaired) electrons. The van der Waals surface area contributed by atoms with E-state index in [0.717, 1.165) is 58.1 Å². The van der Waals surface area contributed by atoms with E-state index < -0.39 is 11.6 Å². The van der Waals surface area contributed by atoms with E-state index in [9.17, 15) is 8.78 Å². The topological polar surface area (TPSA) is 27.7 Å². The molecule has 1 aromatic rings. The Kier molecular flexibility index (Phi) is 5.58. The maximum absolute atomic E-state index is 13.8. The monoisotopic (exact) mass is 389 g/mol. The van der Waals surface area contributed by atoms with Crippen LogP contribution >= 0.6 is 0 Å². The molecule has 0 atom stereocenters. The number of rotatable bonds is 4. The maximum atomic E-state index is 13.8. The first-order chi connectivity index (χ1) is 13.5. The van der Waals surface area contributed by atoms with Crippen LogP contribution in [0.3, 0.4) is 0 Å². The number of hydrogen-bond donors (Lipinski definition) is 1. The number of hydrogen-bond acceptors (Lipinski definition) is 4. The van der Waals surface area contributed by atoms with Gasteiger partial charge in [0.15, 0.2) is 11.6 Å². The predicted octanol–water partition coefficient (Wildman–Crippen LogP) is 3.66. The quantitative estimate of drug-likeness (QED) is 0.851. The van der Waals surface area contributed by atoms with Gasteiger partial charge in [0.25, 0.3) is 0 Å². The van der Waals surface area contributed by atoms with E-state index in [4.69, 9.17) is 4.74 Å². The summed E-state index contributed by atoms with van der Waals surface area (Å²) in [5, 5.41) is 3.49. The van der Waals surface area contributed by atoms with Gasteiger partial charge in [-0.2, -0.15) is 0 Å². The Morgan fingerprint density at radius 3 is 2.68 bits per heavy atom. The first kappa shape index (κ1) is 19.2. The first-order valence-electron chi connectivity index (χ1n) is 10.3. The Bertz CT molecular complexity index is 782. The molecular formula is C22H29F2N3O. The fourth-order valence-corrected chi connectivity index (χ4v) is 4.34. The first-order valence-corrected chi connectivity index (χ1v) is 10.3. The number of ether oxygens (including phenoxy) is 1. The molecule has 3 aliphatic heterocycles. The van der Waals surface area contributed by atoms with Crippen LogP contribution in [0.1, 0.15) is 33.1 Å². The fourth-order valence-electron chi connectivity index (χ4n) is 4.34. The summed E-state index contributed by atoms with van der Waals surface area (Å²) in [7, 11) is 0. The molecule has 4 nitrogen and oxygen atoms in total. The smallest absolute Gasteiger partial charge is 0.167 e. The van der Waals surface area contributed by atoms with Gasteiger partial charge in [0.1, 0.15) is 11.9 Å². The minimum atomic E-state index is -0.629. The Hall–Kier alpha value is -2.08. The maximum Gasteiger partial charge on any atom is 0.167 e. The van der Waals surface area contributed by atoms with E-state index >= 15 is 0 Å². The third-order valence-electron chi connectivity index (χ3n) is 5.91. The van der Waals surface area contributed by atoms with Gasteiger partial charge in [-0.05, 0) is 50.6 Å². The highest BCUT2D eigenvalue weighted by atomic mass is 19.1. The molecule has 0 aromatic heterocycles. The summed E-state index contributed by atoms with van der Waals surface area (Å²) in [5.74, 6) is -1.06. The minimum Gasteiger partial charge on any atom is -0.487 e. The van der Waals surface area contributed by atoms with E-state index in [1.165, 1.54) is 29.1 Å². The second-order valence-corrected chi connectivity index (χ2v) is 8.14. The number of nitrogens with one attached hydrogen (secondary N) is 1. The Morgan fingerprint density at radius 1 is 1.18 bits per heavy atom. The van der Waals surface area contributed by atoms with Crippen LogP contribution in [0.25, 0.3) is 0 Å². The third-order valence-corrected chi connectivity index (χ3v) is 5.91. The Labute approximate surface area is 165 Å². The van der Waals surface area contributed by atoms with E-state index in [2.05, 4.69) is 35.0 Å². The van der Waals surface area contributed by atoms with Gasteiger partial charge in [-0.25, -0.2) is 8.78 Å². The standard InChI is InChI=1S/C22H29F2N3O/c1-15(2)27-14-18(11-16-5-8-25-13-21(16)27)26-9-6-19(7-10-26)28-22-4-3-17(23)12-20(22)24/h3-4,11-12,15,19,25H,5-10,13-14H2,1-2H3. The molecule has 0 aliphatic carbocycles.